The van der Waals surface area contributed by atoms with Crippen LogP contribution in [0.3, 0.4) is 0 Å². The molecule has 1 rings (SSSR count). The summed E-state index contributed by atoms with van der Waals surface area (Å²) in [6, 6.07) is 1.28. The minimum atomic E-state index is -0.734. The van der Waals surface area contributed by atoms with E-state index in [9.17, 15) is 14.7 Å². The molecule has 0 aliphatic heterocycles. The number of pyridine rings is 1. The van der Waals surface area contributed by atoms with Gasteiger partial charge in [0.15, 0.2) is 0 Å². The summed E-state index contributed by atoms with van der Waals surface area (Å²) in [6.07, 6.45) is 0. The van der Waals surface area contributed by atoms with Gasteiger partial charge in [0.25, 0.3) is 11.5 Å². The van der Waals surface area contributed by atoms with Crippen LogP contribution in [0, 0.1) is 6.92 Å². The zero-order valence-electron chi connectivity index (χ0n) is 8.07. The van der Waals surface area contributed by atoms with Crippen LogP contribution in [0.15, 0.2) is 10.9 Å². The van der Waals surface area contributed by atoms with E-state index in [1.54, 1.807) is 13.8 Å². The molecular weight excluding hydrogens is 184 g/mol. The molecule has 0 spiro atoms. The van der Waals surface area contributed by atoms with Gasteiger partial charge in [0.1, 0.15) is 5.56 Å². The summed E-state index contributed by atoms with van der Waals surface area (Å²) in [5.74, 6) is -1.09. The van der Waals surface area contributed by atoms with Crippen LogP contribution in [0.2, 0.25) is 0 Å². The standard InChI is InChI=1S/C9H12N2O3/c1-3-11-6(12)4-5(2)7(8(10)13)9(11)14/h4,14H,3H2,1-2H3,(H2,10,13). The minimum absolute atomic E-state index is 0.00597. The molecule has 76 valence electrons. The van der Waals surface area contributed by atoms with Gasteiger partial charge in [-0.3, -0.25) is 14.2 Å². The van der Waals surface area contributed by atoms with E-state index < -0.39 is 5.91 Å². The fourth-order valence-electron chi connectivity index (χ4n) is 1.36. The topological polar surface area (TPSA) is 85.3 Å². The van der Waals surface area contributed by atoms with E-state index in [1.165, 1.54) is 6.07 Å². The molecule has 1 aromatic heterocycles. The first-order valence-corrected chi connectivity index (χ1v) is 4.22. The highest BCUT2D eigenvalue weighted by molar-refractivity contribution is 5.96. The van der Waals surface area contributed by atoms with Gasteiger partial charge in [-0.1, -0.05) is 0 Å². The molecular formula is C9H12N2O3. The Morgan fingerprint density at radius 3 is 2.64 bits per heavy atom. The summed E-state index contributed by atoms with van der Waals surface area (Å²) < 4.78 is 1.09. The summed E-state index contributed by atoms with van der Waals surface area (Å²) in [5.41, 5.74) is 5.13. The van der Waals surface area contributed by atoms with E-state index in [-0.39, 0.29) is 17.0 Å². The summed E-state index contributed by atoms with van der Waals surface area (Å²) in [4.78, 5) is 22.3. The van der Waals surface area contributed by atoms with E-state index in [0.717, 1.165) is 4.57 Å². The monoisotopic (exact) mass is 196 g/mol. The molecule has 0 saturated heterocycles. The Bertz CT molecular complexity index is 434. The second kappa shape index (κ2) is 3.53. The summed E-state index contributed by atoms with van der Waals surface area (Å²) in [6.45, 7) is 3.55. The van der Waals surface area contributed by atoms with E-state index in [1.807, 2.05) is 0 Å². The van der Waals surface area contributed by atoms with E-state index >= 15 is 0 Å². The van der Waals surface area contributed by atoms with Crippen molar-refractivity contribution in [1.82, 2.24) is 4.57 Å². The second-order valence-electron chi connectivity index (χ2n) is 2.97. The Balaban J connectivity index is 3.60. The second-order valence-corrected chi connectivity index (χ2v) is 2.97. The molecule has 3 N–H and O–H groups in total. The Morgan fingerprint density at radius 1 is 1.64 bits per heavy atom. The van der Waals surface area contributed by atoms with Crippen LogP contribution in [0.5, 0.6) is 5.88 Å². The molecule has 0 fully saturated rings. The van der Waals surface area contributed by atoms with Crippen LogP contribution in [0.25, 0.3) is 0 Å². The number of amides is 1. The zero-order chi connectivity index (χ0) is 10.9. The van der Waals surface area contributed by atoms with Crippen LogP contribution in [0.1, 0.15) is 22.8 Å². The maximum absolute atomic E-state index is 11.3. The van der Waals surface area contributed by atoms with Gasteiger partial charge in [0, 0.05) is 12.6 Å². The van der Waals surface area contributed by atoms with Crippen molar-refractivity contribution >= 4 is 5.91 Å². The number of primary amides is 1. The maximum Gasteiger partial charge on any atom is 0.254 e. The lowest BCUT2D eigenvalue weighted by Crippen LogP contribution is -2.24. The first-order chi connectivity index (χ1) is 6.49. The third-order valence-corrected chi connectivity index (χ3v) is 2.04. The number of carbonyl (C=O) groups is 1. The van der Waals surface area contributed by atoms with Gasteiger partial charge >= 0.3 is 0 Å². The predicted molar refractivity (Wildman–Crippen MR) is 51.3 cm³/mol. The summed E-state index contributed by atoms with van der Waals surface area (Å²) >= 11 is 0. The van der Waals surface area contributed by atoms with Crippen LogP contribution in [-0.2, 0) is 6.54 Å². The lowest BCUT2D eigenvalue weighted by molar-refractivity contribution is 0.0995. The molecule has 0 aliphatic carbocycles. The van der Waals surface area contributed by atoms with Crippen LogP contribution >= 0.6 is 0 Å². The average molecular weight is 196 g/mol. The third kappa shape index (κ3) is 1.48. The number of hydrogen-bond donors (Lipinski definition) is 2. The fraction of sp³-hybridized carbons (Fsp3) is 0.333. The van der Waals surface area contributed by atoms with E-state index in [2.05, 4.69) is 0 Å². The van der Waals surface area contributed by atoms with Crippen molar-refractivity contribution in [2.24, 2.45) is 5.73 Å². The number of hydrogen-bond acceptors (Lipinski definition) is 3. The molecule has 0 aromatic carbocycles. The molecule has 0 radical (unpaired) electrons. The van der Waals surface area contributed by atoms with Gasteiger partial charge < -0.3 is 10.8 Å². The number of nitrogens with zero attached hydrogens (tertiary/aromatic N) is 1. The van der Waals surface area contributed by atoms with Gasteiger partial charge in [-0.15, -0.1) is 0 Å². The summed E-state index contributed by atoms with van der Waals surface area (Å²) in [7, 11) is 0. The molecule has 0 aliphatic rings. The van der Waals surface area contributed by atoms with Gasteiger partial charge in [-0.25, -0.2) is 0 Å². The highest BCUT2D eigenvalue weighted by Gasteiger charge is 2.15. The Kier molecular flexibility index (Phi) is 2.60. The first kappa shape index (κ1) is 10.3. The minimum Gasteiger partial charge on any atom is -0.494 e. The molecule has 0 saturated carbocycles. The van der Waals surface area contributed by atoms with Crippen molar-refractivity contribution in [3.05, 3.63) is 27.5 Å². The smallest absolute Gasteiger partial charge is 0.254 e. The van der Waals surface area contributed by atoms with Gasteiger partial charge in [-0.05, 0) is 19.4 Å². The Hall–Kier alpha value is -1.78. The molecule has 1 aromatic rings. The van der Waals surface area contributed by atoms with Gasteiger partial charge in [0.2, 0.25) is 5.88 Å². The fourth-order valence-corrected chi connectivity index (χ4v) is 1.36. The number of aromatic hydroxyl groups is 1. The van der Waals surface area contributed by atoms with Crippen LogP contribution in [0.4, 0.5) is 0 Å². The van der Waals surface area contributed by atoms with Crippen molar-refractivity contribution in [3.8, 4) is 5.88 Å². The van der Waals surface area contributed by atoms with Crippen molar-refractivity contribution in [3.63, 3.8) is 0 Å². The highest BCUT2D eigenvalue weighted by Crippen LogP contribution is 2.17. The van der Waals surface area contributed by atoms with Crippen molar-refractivity contribution in [1.29, 1.82) is 0 Å². The number of rotatable bonds is 2. The third-order valence-electron chi connectivity index (χ3n) is 2.04. The molecule has 1 heterocycles. The van der Waals surface area contributed by atoms with E-state index in [0.29, 0.717) is 12.1 Å². The quantitative estimate of drug-likeness (QED) is 0.697. The largest absolute Gasteiger partial charge is 0.494 e. The first-order valence-electron chi connectivity index (χ1n) is 4.22. The molecule has 0 unspecified atom stereocenters. The SMILES string of the molecule is CCn1c(O)c(C(N)=O)c(C)cc1=O. The van der Waals surface area contributed by atoms with Gasteiger partial charge in [-0.2, -0.15) is 0 Å². The Morgan fingerprint density at radius 2 is 2.21 bits per heavy atom. The predicted octanol–water partition coefficient (Wildman–Crippen LogP) is -0.0189. The molecule has 1 amide bonds. The Labute approximate surface area is 80.8 Å². The van der Waals surface area contributed by atoms with Crippen LogP contribution < -0.4 is 11.3 Å². The number of aromatic nitrogens is 1. The molecule has 0 atom stereocenters. The number of aryl methyl sites for hydroxylation is 1. The normalized spacial score (nSPS) is 10.1. The van der Waals surface area contributed by atoms with Gasteiger partial charge in [0.05, 0.1) is 0 Å². The van der Waals surface area contributed by atoms with Crippen molar-refractivity contribution < 1.29 is 9.90 Å². The molecule has 5 heteroatoms. The zero-order valence-corrected chi connectivity index (χ0v) is 8.07. The maximum atomic E-state index is 11.3. The number of carbonyl (C=O) groups excluding carboxylic acids is 1. The summed E-state index contributed by atoms with van der Waals surface area (Å²) in [5, 5.41) is 9.58. The lowest BCUT2D eigenvalue weighted by Gasteiger charge is -2.10. The highest BCUT2D eigenvalue weighted by atomic mass is 16.3. The van der Waals surface area contributed by atoms with E-state index in [4.69, 9.17) is 5.73 Å². The van der Waals surface area contributed by atoms with Crippen molar-refractivity contribution in [2.75, 3.05) is 0 Å². The van der Waals surface area contributed by atoms with Crippen molar-refractivity contribution in [2.45, 2.75) is 20.4 Å². The molecule has 14 heavy (non-hydrogen) atoms. The average Bonchev–Trinajstić information content (AvgIpc) is 2.02. The number of nitrogens with two attached hydrogens (primary N) is 1. The molecule has 0 bridgehead atoms. The lowest BCUT2D eigenvalue weighted by atomic mass is 10.1. The molecule has 5 nitrogen and oxygen atoms in total. The van der Waals surface area contributed by atoms with Crippen LogP contribution in [-0.4, -0.2) is 15.6 Å².